The van der Waals surface area contributed by atoms with Crippen molar-refractivity contribution in [2.45, 2.75) is 20.8 Å². The number of carbonyl (C=O) groups excluding carboxylic acids is 1. The Morgan fingerprint density at radius 1 is 1.33 bits per heavy atom. The van der Waals surface area contributed by atoms with Crippen LogP contribution in [0.4, 0.5) is 0 Å². The zero-order valence-corrected chi connectivity index (χ0v) is 13.9. The average molecular weight is 312 g/mol. The second-order valence-electron chi connectivity index (χ2n) is 5.64. The van der Waals surface area contributed by atoms with E-state index in [1.807, 2.05) is 32.9 Å². The molecule has 21 heavy (non-hydrogen) atoms. The normalized spacial score (nSPS) is 11.9. The van der Waals surface area contributed by atoms with Crippen LogP contribution in [0, 0.1) is 12.8 Å². The maximum Gasteiger partial charge on any atom is 0.251 e. The summed E-state index contributed by atoms with van der Waals surface area (Å²) in [5.41, 5.74) is 1.60. The highest BCUT2D eigenvalue weighted by atomic mass is 32.2. The second kappa shape index (κ2) is 7.56. The fraction of sp³-hybridized carbons (Fsp3) is 0.533. The average Bonchev–Trinajstić information content (AvgIpc) is 2.35. The van der Waals surface area contributed by atoms with Crippen LogP contribution in [0.3, 0.4) is 0 Å². The summed E-state index contributed by atoms with van der Waals surface area (Å²) in [6.45, 7) is 6.89. The predicted molar refractivity (Wildman–Crippen MR) is 84.8 cm³/mol. The van der Waals surface area contributed by atoms with Gasteiger partial charge in [0, 0.05) is 25.2 Å². The third kappa shape index (κ3) is 6.27. The molecule has 1 aromatic rings. The summed E-state index contributed by atoms with van der Waals surface area (Å²) in [5, 5.41) is 2.76. The molecule has 5 nitrogen and oxygen atoms in total. The van der Waals surface area contributed by atoms with E-state index in [1.165, 1.54) is 10.6 Å². The van der Waals surface area contributed by atoms with Gasteiger partial charge in [0.25, 0.3) is 5.91 Å². The number of nitrogens with zero attached hydrogens (tertiary/aromatic N) is 1. The van der Waals surface area contributed by atoms with Crippen molar-refractivity contribution in [2.75, 3.05) is 25.9 Å². The molecule has 6 heteroatoms. The Morgan fingerprint density at radius 3 is 2.52 bits per heavy atom. The Balaban J connectivity index is 2.56. The van der Waals surface area contributed by atoms with E-state index in [2.05, 4.69) is 5.32 Å². The van der Waals surface area contributed by atoms with Gasteiger partial charge in [0.1, 0.15) is 0 Å². The van der Waals surface area contributed by atoms with Crippen molar-refractivity contribution in [3.63, 3.8) is 0 Å². The zero-order chi connectivity index (χ0) is 16.0. The summed E-state index contributed by atoms with van der Waals surface area (Å²) in [7, 11) is -3.25. The molecule has 1 amide bonds. The summed E-state index contributed by atoms with van der Waals surface area (Å²) in [6, 6.07) is 7.29. The SMILES string of the molecule is Cc1cccc(C(=O)NCCN(CC(C)C)S(C)(=O)=O)c1. The number of nitrogens with one attached hydrogen (secondary N) is 1. The molecule has 1 aromatic carbocycles. The van der Waals surface area contributed by atoms with Crippen molar-refractivity contribution in [3.8, 4) is 0 Å². The molecule has 0 aromatic heterocycles. The fourth-order valence-corrected chi connectivity index (χ4v) is 2.97. The Bertz CT molecular complexity index is 582. The number of aryl methyl sites for hydroxylation is 1. The topological polar surface area (TPSA) is 66.5 Å². The molecule has 0 heterocycles. The lowest BCUT2D eigenvalue weighted by molar-refractivity contribution is 0.0951. The van der Waals surface area contributed by atoms with E-state index in [0.29, 0.717) is 18.7 Å². The largest absolute Gasteiger partial charge is 0.351 e. The van der Waals surface area contributed by atoms with Crippen LogP contribution in [0.1, 0.15) is 29.8 Å². The number of hydrogen-bond acceptors (Lipinski definition) is 3. The maximum atomic E-state index is 12.0. The summed E-state index contributed by atoms with van der Waals surface area (Å²) in [5.74, 6) is 0.0592. The molecule has 0 saturated heterocycles. The van der Waals surface area contributed by atoms with E-state index < -0.39 is 10.0 Å². The van der Waals surface area contributed by atoms with Gasteiger partial charge in [0.2, 0.25) is 10.0 Å². The smallest absolute Gasteiger partial charge is 0.251 e. The minimum atomic E-state index is -3.25. The van der Waals surface area contributed by atoms with Crippen LogP contribution in [0.5, 0.6) is 0 Å². The third-order valence-corrected chi connectivity index (χ3v) is 4.23. The van der Waals surface area contributed by atoms with Crippen molar-refractivity contribution in [2.24, 2.45) is 5.92 Å². The van der Waals surface area contributed by atoms with Crippen molar-refractivity contribution in [1.29, 1.82) is 0 Å². The molecular weight excluding hydrogens is 288 g/mol. The lowest BCUT2D eigenvalue weighted by Gasteiger charge is -2.22. The fourth-order valence-electron chi connectivity index (χ4n) is 1.98. The molecule has 1 rings (SSSR count). The van der Waals surface area contributed by atoms with Crippen LogP contribution >= 0.6 is 0 Å². The first kappa shape index (κ1) is 17.7. The van der Waals surface area contributed by atoms with Gasteiger partial charge in [-0.2, -0.15) is 0 Å². The summed E-state index contributed by atoms with van der Waals surface area (Å²) >= 11 is 0. The quantitative estimate of drug-likeness (QED) is 0.832. The standard InChI is InChI=1S/C15H24N2O3S/c1-12(2)11-17(21(4,19)20)9-8-16-15(18)14-7-5-6-13(3)10-14/h5-7,10,12H,8-9,11H2,1-4H3,(H,16,18). The highest BCUT2D eigenvalue weighted by molar-refractivity contribution is 7.88. The Kier molecular flexibility index (Phi) is 6.36. The van der Waals surface area contributed by atoms with Gasteiger partial charge >= 0.3 is 0 Å². The van der Waals surface area contributed by atoms with Crippen LogP contribution in [-0.2, 0) is 10.0 Å². The van der Waals surface area contributed by atoms with Crippen LogP contribution in [-0.4, -0.2) is 44.5 Å². The van der Waals surface area contributed by atoms with Gasteiger partial charge < -0.3 is 5.32 Å². The molecule has 0 aliphatic rings. The van der Waals surface area contributed by atoms with Gasteiger partial charge in [-0.05, 0) is 25.0 Å². The molecule has 0 spiro atoms. The molecule has 118 valence electrons. The number of carbonyl (C=O) groups is 1. The minimum Gasteiger partial charge on any atom is -0.351 e. The van der Waals surface area contributed by atoms with Gasteiger partial charge in [-0.1, -0.05) is 31.5 Å². The zero-order valence-electron chi connectivity index (χ0n) is 13.1. The lowest BCUT2D eigenvalue weighted by atomic mass is 10.1. The highest BCUT2D eigenvalue weighted by Crippen LogP contribution is 2.05. The summed E-state index contributed by atoms with van der Waals surface area (Å²) < 4.78 is 24.7. The molecule has 0 bridgehead atoms. The molecule has 0 saturated carbocycles. The highest BCUT2D eigenvalue weighted by Gasteiger charge is 2.17. The van der Waals surface area contributed by atoms with Crippen LogP contribution in [0.2, 0.25) is 0 Å². The van der Waals surface area contributed by atoms with Gasteiger partial charge in [-0.25, -0.2) is 12.7 Å². The van der Waals surface area contributed by atoms with Crippen LogP contribution < -0.4 is 5.32 Å². The summed E-state index contributed by atoms with van der Waals surface area (Å²) in [6.07, 6.45) is 1.19. The van der Waals surface area contributed by atoms with Crippen LogP contribution in [0.15, 0.2) is 24.3 Å². The molecule has 0 radical (unpaired) electrons. The van der Waals surface area contributed by atoms with E-state index >= 15 is 0 Å². The number of rotatable bonds is 7. The molecule has 0 aliphatic carbocycles. The van der Waals surface area contributed by atoms with E-state index in [-0.39, 0.29) is 18.4 Å². The van der Waals surface area contributed by atoms with Crippen molar-refractivity contribution >= 4 is 15.9 Å². The Morgan fingerprint density at radius 2 is 2.00 bits per heavy atom. The van der Waals surface area contributed by atoms with Gasteiger partial charge in [0.05, 0.1) is 6.26 Å². The van der Waals surface area contributed by atoms with Crippen LogP contribution in [0.25, 0.3) is 0 Å². The molecule has 0 atom stereocenters. The van der Waals surface area contributed by atoms with Gasteiger partial charge in [-0.15, -0.1) is 0 Å². The first-order valence-electron chi connectivity index (χ1n) is 7.00. The first-order chi connectivity index (χ1) is 9.70. The molecular formula is C15H24N2O3S. The van der Waals surface area contributed by atoms with E-state index in [0.717, 1.165) is 5.56 Å². The number of amides is 1. The number of benzene rings is 1. The Hall–Kier alpha value is -1.40. The first-order valence-corrected chi connectivity index (χ1v) is 8.85. The van der Waals surface area contributed by atoms with Crippen molar-refractivity contribution < 1.29 is 13.2 Å². The van der Waals surface area contributed by atoms with E-state index in [1.54, 1.807) is 12.1 Å². The third-order valence-electron chi connectivity index (χ3n) is 2.96. The van der Waals surface area contributed by atoms with Gasteiger partial charge in [-0.3, -0.25) is 4.79 Å². The number of hydrogen-bond donors (Lipinski definition) is 1. The molecule has 1 N–H and O–H groups in total. The molecule has 0 aliphatic heterocycles. The van der Waals surface area contributed by atoms with E-state index in [4.69, 9.17) is 0 Å². The second-order valence-corrected chi connectivity index (χ2v) is 7.62. The lowest BCUT2D eigenvalue weighted by Crippen LogP contribution is -2.39. The van der Waals surface area contributed by atoms with Crippen molar-refractivity contribution in [1.82, 2.24) is 9.62 Å². The van der Waals surface area contributed by atoms with Gasteiger partial charge in [0.15, 0.2) is 0 Å². The molecule has 0 fully saturated rings. The summed E-state index contributed by atoms with van der Waals surface area (Å²) in [4.78, 5) is 12.0. The monoisotopic (exact) mass is 312 g/mol. The number of sulfonamides is 1. The predicted octanol–water partition coefficient (Wildman–Crippen LogP) is 1.64. The Labute approximate surface area is 127 Å². The molecule has 0 unspecified atom stereocenters. The van der Waals surface area contributed by atoms with Crippen molar-refractivity contribution in [3.05, 3.63) is 35.4 Å². The minimum absolute atomic E-state index is 0.184. The maximum absolute atomic E-state index is 12.0. The van der Waals surface area contributed by atoms with E-state index in [9.17, 15) is 13.2 Å².